The Morgan fingerprint density at radius 3 is 2.85 bits per heavy atom. The van der Waals surface area contributed by atoms with Gasteiger partial charge in [-0.25, -0.2) is 4.98 Å². The van der Waals surface area contributed by atoms with Crippen LogP contribution >= 0.6 is 11.6 Å². The summed E-state index contributed by atoms with van der Waals surface area (Å²) in [5.74, 6) is 1.14. The molecule has 0 aliphatic carbocycles. The van der Waals surface area contributed by atoms with Crippen molar-refractivity contribution >= 4 is 11.6 Å². The zero-order valence-electron chi connectivity index (χ0n) is 11.7. The highest BCUT2D eigenvalue weighted by atomic mass is 35.5. The van der Waals surface area contributed by atoms with E-state index in [1.807, 2.05) is 19.1 Å². The first kappa shape index (κ1) is 14.8. The largest absolute Gasteiger partial charge is 0.437 e. The molecule has 0 unspecified atom stereocenters. The van der Waals surface area contributed by atoms with Crippen molar-refractivity contribution < 1.29 is 4.74 Å². The third-order valence-corrected chi connectivity index (χ3v) is 2.85. The number of hydrogen-bond acceptors (Lipinski definition) is 4. The summed E-state index contributed by atoms with van der Waals surface area (Å²) < 4.78 is 5.70. The lowest BCUT2D eigenvalue weighted by Crippen LogP contribution is -2.14. The Kier molecular flexibility index (Phi) is 5.32. The Balaban J connectivity index is 2.11. The molecule has 0 spiro atoms. The SMILES string of the molecule is CCCNCc1cc(C)nc(Oc2cncc(Cl)c2)c1. The van der Waals surface area contributed by atoms with E-state index in [-0.39, 0.29) is 0 Å². The van der Waals surface area contributed by atoms with Crippen molar-refractivity contribution in [1.29, 1.82) is 0 Å². The first-order valence-corrected chi connectivity index (χ1v) is 7.02. The normalized spacial score (nSPS) is 10.6. The second kappa shape index (κ2) is 7.22. The molecule has 0 saturated heterocycles. The van der Waals surface area contributed by atoms with Gasteiger partial charge < -0.3 is 10.1 Å². The van der Waals surface area contributed by atoms with Gasteiger partial charge in [-0.3, -0.25) is 4.98 Å². The molecule has 0 radical (unpaired) electrons. The molecule has 4 nitrogen and oxygen atoms in total. The van der Waals surface area contributed by atoms with E-state index in [1.54, 1.807) is 18.5 Å². The minimum Gasteiger partial charge on any atom is -0.437 e. The minimum absolute atomic E-state index is 0.542. The molecule has 0 aliphatic rings. The number of pyridine rings is 2. The molecule has 2 aromatic heterocycles. The predicted molar refractivity (Wildman–Crippen MR) is 80.3 cm³/mol. The summed E-state index contributed by atoms with van der Waals surface area (Å²) in [6, 6.07) is 5.69. The fourth-order valence-corrected chi connectivity index (χ4v) is 2.00. The summed E-state index contributed by atoms with van der Waals surface area (Å²) in [6.45, 7) is 5.90. The number of ether oxygens (including phenoxy) is 1. The molecule has 20 heavy (non-hydrogen) atoms. The van der Waals surface area contributed by atoms with Crippen molar-refractivity contribution in [3.8, 4) is 11.6 Å². The zero-order valence-corrected chi connectivity index (χ0v) is 12.4. The van der Waals surface area contributed by atoms with Crippen LogP contribution in [0.2, 0.25) is 5.02 Å². The summed E-state index contributed by atoms with van der Waals surface area (Å²) in [4.78, 5) is 8.36. The molecule has 106 valence electrons. The smallest absolute Gasteiger partial charge is 0.219 e. The third kappa shape index (κ3) is 4.47. The Bertz CT molecular complexity index is 575. The lowest BCUT2D eigenvalue weighted by Gasteiger charge is -2.09. The Morgan fingerprint density at radius 2 is 2.10 bits per heavy atom. The average Bonchev–Trinajstić information content (AvgIpc) is 2.38. The van der Waals surface area contributed by atoms with Gasteiger partial charge in [0.1, 0.15) is 5.75 Å². The monoisotopic (exact) mass is 291 g/mol. The van der Waals surface area contributed by atoms with Crippen molar-refractivity contribution in [3.63, 3.8) is 0 Å². The molecule has 0 aromatic carbocycles. The van der Waals surface area contributed by atoms with Gasteiger partial charge in [-0.05, 0) is 31.5 Å². The van der Waals surface area contributed by atoms with Gasteiger partial charge in [0.15, 0.2) is 0 Å². The maximum atomic E-state index is 5.89. The van der Waals surface area contributed by atoms with E-state index in [4.69, 9.17) is 16.3 Å². The van der Waals surface area contributed by atoms with E-state index in [2.05, 4.69) is 22.2 Å². The topological polar surface area (TPSA) is 47.0 Å². The molecule has 5 heteroatoms. The van der Waals surface area contributed by atoms with E-state index in [1.165, 1.54) is 0 Å². The molecule has 0 amide bonds. The third-order valence-electron chi connectivity index (χ3n) is 2.65. The molecular formula is C15H18ClN3O. The molecule has 0 fully saturated rings. The minimum atomic E-state index is 0.542. The van der Waals surface area contributed by atoms with Gasteiger partial charge in [0, 0.05) is 30.6 Å². The highest BCUT2D eigenvalue weighted by molar-refractivity contribution is 6.30. The van der Waals surface area contributed by atoms with Crippen LogP contribution in [-0.4, -0.2) is 16.5 Å². The number of rotatable bonds is 6. The highest BCUT2D eigenvalue weighted by Gasteiger charge is 2.04. The molecule has 1 N–H and O–H groups in total. The molecule has 0 bridgehead atoms. The molecular weight excluding hydrogens is 274 g/mol. The highest BCUT2D eigenvalue weighted by Crippen LogP contribution is 2.22. The summed E-state index contributed by atoms with van der Waals surface area (Å²) in [5, 5.41) is 3.90. The van der Waals surface area contributed by atoms with E-state index in [0.29, 0.717) is 16.7 Å². The molecule has 2 aromatic rings. The van der Waals surface area contributed by atoms with Crippen LogP contribution in [0.1, 0.15) is 24.6 Å². The van der Waals surface area contributed by atoms with Crippen molar-refractivity contribution in [1.82, 2.24) is 15.3 Å². The summed E-state index contributed by atoms with van der Waals surface area (Å²) in [6.07, 6.45) is 4.30. The Morgan fingerprint density at radius 1 is 1.25 bits per heavy atom. The maximum Gasteiger partial charge on any atom is 0.219 e. The van der Waals surface area contributed by atoms with Crippen LogP contribution in [0, 0.1) is 6.92 Å². The second-order valence-electron chi connectivity index (χ2n) is 4.57. The van der Waals surface area contributed by atoms with Crippen LogP contribution in [0.4, 0.5) is 0 Å². The van der Waals surface area contributed by atoms with Gasteiger partial charge in [0.25, 0.3) is 0 Å². The number of aromatic nitrogens is 2. The quantitative estimate of drug-likeness (QED) is 0.824. The van der Waals surface area contributed by atoms with E-state index >= 15 is 0 Å². The first-order chi connectivity index (χ1) is 9.67. The Hall–Kier alpha value is -1.65. The fraction of sp³-hybridized carbons (Fsp3) is 0.333. The number of halogens is 1. The molecule has 2 heterocycles. The number of nitrogens with zero attached hydrogens (tertiary/aromatic N) is 2. The van der Waals surface area contributed by atoms with Gasteiger partial charge in [-0.1, -0.05) is 18.5 Å². The van der Waals surface area contributed by atoms with Crippen LogP contribution in [-0.2, 0) is 6.54 Å². The standard InChI is InChI=1S/C15H18ClN3O/c1-3-4-17-8-12-5-11(2)19-15(6-12)20-14-7-13(16)9-18-10-14/h5-7,9-10,17H,3-4,8H2,1-2H3. The van der Waals surface area contributed by atoms with E-state index < -0.39 is 0 Å². The van der Waals surface area contributed by atoms with Gasteiger partial charge in [0.05, 0.1) is 11.2 Å². The van der Waals surface area contributed by atoms with Gasteiger partial charge in [0.2, 0.25) is 5.88 Å². The lowest BCUT2D eigenvalue weighted by molar-refractivity contribution is 0.458. The second-order valence-corrected chi connectivity index (χ2v) is 5.01. The van der Waals surface area contributed by atoms with E-state index in [0.717, 1.165) is 30.8 Å². The summed E-state index contributed by atoms with van der Waals surface area (Å²) >= 11 is 5.89. The molecule has 0 aliphatic heterocycles. The van der Waals surface area contributed by atoms with Crippen LogP contribution in [0.5, 0.6) is 11.6 Å². The zero-order chi connectivity index (χ0) is 14.4. The molecule has 0 atom stereocenters. The van der Waals surface area contributed by atoms with Crippen LogP contribution in [0.3, 0.4) is 0 Å². The summed E-state index contributed by atoms with van der Waals surface area (Å²) in [7, 11) is 0. The number of nitrogens with one attached hydrogen (secondary N) is 1. The number of aryl methyl sites for hydroxylation is 1. The Labute approximate surface area is 124 Å². The van der Waals surface area contributed by atoms with E-state index in [9.17, 15) is 0 Å². The summed E-state index contributed by atoms with van der Waals surface area (Å²) in [5.41, 5.74) is 2.07. The predicted octanol–water partition coefficient (Wildman–Crippen LogP) is 3.73. The van der Waals surface area contributed by atoms with Gasteiger partial charge in [-0.15, -0.1) is 0 Å². The average molecular weight is 292 g/mol. The van der Waals surface area contributed by atoms with Gasteiger partial charge in [-0.2, -0.15) is 0 Å². The van der Waals surface area contributed by atoms with Crippen molar-refractivity contribution in [2.75, 3.05) is 6.54 Å². The van der Waals surface area contributed by atoms with Gasteiger partial charge >= 0.3 is 0 Å². The van der Waals surface area contributed by atoms with Crippen molar-refractivity contribution in [2.45, 2.75) is 26.8 Å². The lowest BCUT2D eigenvalue weighted by atomic mass is 10.2. The molecule has 2 rings (SSSR count). The first-order valence-electron chi connectivity index (χ1n) is 6.64. The van der Waals surface area contributed by atoms with Crippen LogP contribution in [0.15, 0.2) is 30.6 Å². The van der Waals surface area contributed by atoms with Crippen LogP contribution in [0.25, 0.3) is 0 Å². The maximum absolute atomic E-state index is 5.89. The fourth-order valence-electron chi connectivity index (χ4n) is 1.84. The number of hydrogen-bond donors (Lipinski definition) is 1. The van der Waals surface area contributed by atoms with Crippen molar-refractivity contribution in [2.24, 2.45) is 0 Å². The van der Waals surface area contributed by atoms with Crippen LogP contribution < -0.4 is 10.1 Å². The van der Waals surface area contributed by atoms with Crippen molar-refractivity contribution in [3.05, 3.63) is 46.9 Å². The molecule has 0 saturated carbocycles.